The zero-order valence-corrected chi connectivity index (χ0v) is 15.0. The summed E-state index contributed by atoms with van der Waals surface area (Å²) in [5.41, 5.74) is 0.797. The number of aliphatic hydroxyl groups excluding tert-OH is 1. The second-order valence-corrected chi connectivity index (χ2v) is 6.70. The van der Waals surface area contributed by atoms with Crippen LogP contribution in [0.4, 0.5) is 0 Å². The predicted octanol–water partition coefficient (Wildman–Crippen LogP) is 4.46. The molecule has 0 amide bonds. The number of ether oxygens (including phenoxy) is 1. The van der Waals surface area contributed by atoms with Crippen molar-refractivity contribution in [1.29, 1.82) is 0 Å². The fourth-order valence-corrected chi connectivity index (χ4v) is 3.52. The summed E-state index contributed by atoms with van der Waals surface area (Å²) in [7, 11) is 0. The molecule has 2 atom stereocenters. The van der Waals surface area contributed by atoms with E-state index in [4.69, 9.17) is 16.3 Å². The summed E-state index contributed by atoms with van der Waals surface area (Å²) < 4.78 is 7.59. The van der Waals surface area contributed by atoms with Crippen LogP contribution in [0.3, 0.4) is 0 Å². The molecule has 27 heavy (non-hydrogen) atoms. The van der Waals surface area contributed by atoms with Gasteiger partial charge in [-0.1, -0.05) is 35.9 Å². The normalized spacial score (nSPS) is 19.6. The van der Waals surface area contributed by atoms with Gasteiger partial charge in [0.05, 0.1) is 0 Å². The third-order valence-corrected chi connectivity index (χ3v) is 4.71. The molecule has 1 aliphatic carbocycles. The van der Waals surface area contributed by atoms with E-state index in [0.29, 0.717) is 16.5 Å². The smallest absolute Gasteiger partial charge is 0.159 e. The molecule has 0 saturated carbocycles. The molecule has 1 N–H and O–H groups in total. The largest absolute Gasteiger partial charge is 0.510 e. The molecule has 7 heteroatoms. The fourth-order valence-electron chi connectivity index (χ4n) is 3.34. The molecule has 2 aromatic carbocycles. The Bertz CT molecular complexity index is 1000. The van der Waals surface area contributed by atoms with Gasteiger partial charge in [-0.2, -0.15) is 5.10 Å². The summed E-state index contributed by atoms with van der Waals surface area (Å²) >= 11 is 6.04. The van der Waals surface area contributed by atoms with Crippen LogP contribution in [-0.2, 0) is 4.79 Å². The van der Waals surface area contributed by atoms with E-state index in [1.807, 2.05) is 24.3 Å². The van der Waals surface area contributed by atoms with Crippen LogP contribution >= 0.6 is 11.6 Å². The van der Waals surface area contributed by atoms with Crippen molar-refractivity contribution in [3.8, 4) is 11.5 Å². The van der Waals surface area contributed by atoms with Crippen LogP contribution < -0.4 is 4.74 Å². The maximum absolute atomic E-state index is 12.1. The van der Waals surface area contributed by atoms with Crippen LogP contribution in [0.15, 0.2) is 73.0 Å². The number of carbonyl (C=O) groups excluding carboxylic acids is 1. The van der Waals surface area contributed by atoms with E-state index < -0.39 is 6.04 Å². The second kappa shape index (κ2) is 7.25. The highest BCUT2D eigenvalue weighted by Crippen LogP contribution is 2.43. The standard InChI is InChI=1S/C20H16ClN3O3/c21-13-4-3-5-15(8-13)27-19-7-2-1-6-16(19)17-9-14(25)10-18(26)20(17)24-12-22-11-23-24/h1-8,10-12,17,20,26H,9H2/t17-,20-/m1/s1. The van der Waals surface area contributed by atoms with Crippen molar-refractivity contribution in [1.82, 2.24) is 14.8 Å². The topological polar surface area (TPSA) is 77.2 Å². The molecular weight excluding hydrogens is 366 g/mol. The van der Waals surface area contributed by atoms with E-state index in [-0.39, 0.29) is 23.9 Å². The van der Waals surface area contributed by atoms with Gasteiger partial charge in [0.1, 0.15) is 36.0 Å². The van der Waals surface area contributed by atoms with Crippen molar-refractivity contribution in [2.24, 2.45) is 0 Å². The Balaban J connectivity index is 1.75. The SMILES string of the molecule is O=C1C=C(O)[C@H](n2cncn2)[C@@H](c2ccccc2Oc2cccc(Cl)c2)C1. The molecule has 0 spiro atoms. The Morgan fingerprint density at radius 3 is 2.81 bits per heavy atom. The second-order valence-electron chi connectivity index (χ2n) is 6.26. The molecule has 3 aromatic rings. The lowest BCUT2D eigenvalue weighted by molar-refractivity contribution is -0.116. The highest BCUT2D eigenvalue weighted by atomic mass is 35.5. The number of hydrogen-bond donors (Lipinski definition) is 1. The first-order valence-electron chi connectivity index (χ1n) is 8.41. The average Bonchev–Trinajstić information content (AvgIpc) is 3.16. The maximum atomic E-state index is 12.1. The Labute approximate surface area is 160 Å². The quantitative estimate of drug-likeness (QED) is 0.721. The summed E-state index contributed by atoms with van der Waals surface area (Å²) in [6.07, 6.45) is 4.40. The minimum absolute atomic E-state index is 0.0423. The average molecular weight is 382 g/mol. The number of aromatic nitrogens is 3. The highest BCUT2D eigenvalue weighted by Gasteiger charge is 2.36. The number of hydrogen-bond acceptors (Lipinski definition) is 5. The number of rotatable bonds is 4. The molecule has 0 aliphatic heterocycles. The van der Waals surface area contributed by atoms with Crippen molar-refractivity contribution in [2.45, 2.75) is 18.4 Å². The highest BCUT2D eigenvalue weighted by molar-refractivity contribution is 6.30. The number of allylic oxidation sites excluding steroid dienone is 2. The summed E-state index contributed by atoms with van der Waals surface area (Å²) in [6, 6.07) is 14.0. The number of halogens is 1. The first kappa shape index (κ1) is 17.3. The van der Waals surface area contributed by atoms with Crippen molar-refractivity contribution in [2.75, 3.05) is 0 Å². The monoisotopic (exact) mass is 381 g/mol. The number of nitrogens with zero attached hydrogens (tertiary/aromatic N) is 3. The van der Waals surface area contributed by atoms with Crippen LogP contribution in [0.5, 0.6) is 11.5 Å². The van der Waals surface area contributed by atoms with E-state index in [9.17, 15) is 9.90 Å². The van der Waals surface area contributed by atoms with E-state index >= 15 is 0 Å². The molecule has 0 saturated heterocycles. The maximum Gasteiger partial charge on any atom is 0.159 e. The van der Waals surface area contributed by atoms with Gasteiger partial charge in [0.25, 0.3) is 0 Å². The molecule has 0 unspecified atom stereocenters. The Morgan fingerprint density at radius 2 is 2.04 bits per heavy atom. The van der Waals surface area contributed by atoms with Crippen molar-refractivity contribution in [3.05, 3.63) is 83.6 Å². The van der Waals surface area contributed by atoms with Gasteiger partial charge in [0, 0.05) is 29.0 Å². The first-order chi connectivity index (χ1) is 13.1. The lowest BCUT2D eigenvalue weighted by Crippen LogP contribution is -2.27. The predicted molar refractivity (Wildman–Crippen MR) is 100 cm³/mol. The molecule has 6 nitrogen and oxygen atoms in total. The number of aliphatic hydroxyl groups is 1. The van der Waals surface area contributed by atoms with Crippen LogP contribution in [0.1, 0.15) is 23.9 Å². The number of benzene rings is 2. The number of para-hydroxylation sites is 1. The zero-order chi connectivity index (χ0) is 18.8. The third kappa shape index (κ3) is 3.57. The minimum atomic E-state index is -0.533. The van der Waals surface area contributed by atoms with Crippen molar-refractivity contribution >= 4 is 17.4 Å². The van der Waals surface area contributed by atoms with Crippen LogP contribution in [0.2, 0.25) is 5.02 Å². The van der Waals surface area contributed by atoms with Gasteiger partial charge in [-0.05, 0) is 24.3 Å². The fraction of sp³-hybridized carbons (Fsp3) is 0.150. The zero-order valence-electron chi connectivity index (χ0n) is 14.2. The van der Waals surface area contributed by atoms with Crippen molar-refractivity contribution < 1.29 is 14.6 Å². The van der Waals surface area contributed by atoms with Gasteiger partial charge < -0.3 is 9.84 Å². The lowest BCUT2D eigenvalue weighted by atomic mass is 9.81. The van der Waals surface area contributed by atoms with Crippen LogP contribution in [0, 0.1) is 0 Å². The molecule has 0 bridgehead atoms. The van der Waals surface area contributed by atoms with Gasteiger partial charge in [0.2, 0.25) is 0 Å². The van der Waals surface area contributed by atoms with Gasteiger partial charge >= 0.3 is 0 Å². The molecular formula is C20H16ClN3O3. The van der Waals surface area contributed by atoms with Crippen LogP contribution in [0.25, 0.3) is 0 Å². The molecule has 1 aliphatic rings. The first-order valence-corrected chi connectivity index (χ1v) is 8.79. The van der Waals surface area contributed by atoms with Gasteiger partial charge in [-0.15, -0.1) is 0 Å². The Hall–Kier alpha value is -3.12. The molecule has 136 valence electrons. The molecule has 4 rings (SSSR count). The van der Waals surface area contributed by atoms with E-state index in [1.165, 1.54) is 18.7 Å². The summed E-state index contributed by atoms with van der Waals surface area (Å²) in [5, 5.41) is 15.2. The van der Waals surface area contributed by atoms with Gasteiger partial charge in [-0.25, -0.2) is 9.67 Å². The molecule has 0 radical (unpaired) electrons. The van der Waals surface area contributed by atoms with Crippen LogP contribution in [-0.4, -0.2) is 25.7 Å². The summed E-state index contributed by atoms with van der Waals surface area (Å²) in [5.74, 6) is 0.650. The number of carbonyl (C=O) groups is 1. The Kier molecular flexibility index (Phi) is 4.64. The van der Waals surface area contributed by atoms with Crippen molar-refractivity contribution in [3.63, 3.8) is 0 Å². The van der Waals surface area contributed by atoms with E-state index in [0.717, 1.165) is 5.56 Å². The molecule has 1 heterocycles. The van der Waals surface area contributed by atoms with Gasteiger partial charge in [-0.3, -0.25) is 4.79 Å². The molecule has 0 fully saturated rings. The Morgan fingerprint density at radius 1 is 1.19 bits per heavy atom. The third-order valence-electron chi connectivity index (χ3n) is 4.48. The van der Waals surface area contributed by atoms with E-state index in [2.05, 4.69) is 10.1 Å². The minimum Gasteiger partial charge on any atom is -0.510 e. The van der Waals surface area contributed by atoms with Gasteiger partial charge in [0.15, 0.2) is 5.78 Å². The van der Waals surface area contributed by atoms with E-state index in [1.54, 1.807) is 28.9 Å². The number of ketones is 1. The summed E-state index contributed by atoms with van der Waals surface area (Å²) in [6.45, 7) is 0. The summed E-state index contributed by atoms with van der Waals surface area (Å²) in [4.78, 5) is 16.1. The lowest BCUT2D eigenvalue weighted by Gasteiger charge is -2.30. The molecule has 1 aromatic heterocycles.